The van der Waals surface area contributed by atoms with Gasteiger partial charge in [0.25, 0.3) is 5.56 Å². The van der Waals surface area contributed by atoms with E-state index in [9.17, 15) is 14.4 Å². The highest BCUT2D eigenvalue weighted by atomic mass is 16.2. The van der Waals surface area contributed by atoms with Crippen LogP contribution in [0.2, 0.25) is 0 Å². The number of carbonyl (C=O) groups is 2. The molecule has 4 heterocycles. The standard InChI is InChI=1S/C31H28N4O3/c1-16(2)26-24-25(29(38)34(28(24)37)19-14-17(3)13-18(4)15-19)31(33-26)21-10-6-8-12-23(21)35-27(36)20-9-5-7-11-22(20)32-30(31)35/h5-16,24-26,33H,1-4H3/t24-,25-,26+,31-/m1/s1. The maximum absolute atomic E-state index is 14.5. The first-order valence-corrected chi connectivity index (χ1v) is 13.1. The Morgan fingerprint density at radius 1 is 0.895 bits per heavy atom. The number of aromatic nitrogens is 2. The fraction of sp³-hybridized carbons (Fsp3) is 0.290. The second kappa shape index (κ2) is 7.71. The van der Waals surface area contributed by atoms with Crippen LogP contribution in [0.15, 0.2) is 71.5 Å². The van der Waals surface area contributed by atoms with Gasteiger partial charge in [0.15, 0.2) is 0 Å². The van der Waals surface area contributed by atoms with Gasteiger partial charge < -0.3 is 0 Å². The number of nitrogens with zero attached hydrogens (tertiary/aromatic N) is 3. The molecule has 2 amide bonds. The van der Waals surface area contributed by atoms with Crippen LogP contribution in [0.3, 0.4) is 0 Å². The van der Waals surface area contributed by atoms with Crippen molar-refractivity contribution in [2.24, 2.45) is 17.8 Å². The second-order valence-corrected chi connectivity index (χ2v) is 11.2. The molecular weight excluding hydrogens is 476 g/mol. The van der Waals surface area contributed by atoms with Crippen LogP contribution in [0.25, 0.3) is 16.6 Å². The predicted octanol–water partition coefficient (Wildman–Crippen LogP) is 3.99. The molecule has 7 rings (SSSR count). The molecule has 0 radical (unpaired) electrons. The van der Waals surface area contributed by atoms with Crippen LogP contribution < -0.4 is 15.8 Å². The third kappa shape index (κ3) is 2.77. The molecule has 0 unspecified atom stereocenters. The van der Waals surface area contributed by atoms with Crippen LogP contribution in [-0.2, 0) is 15.1 Å². The predicted molar refractivity (Wildman–Crippen MR) is 145 cm³/mol. The number of amides is 2. The van der Waals surface area contributed by atoms with Crippen molar-refractivity contribution in [2.45, 2.75) is 39.3 Å². The molecule has 3 aliphatic rings. The fourth-order valence-corrected chi connectivity index (χ4v) is 7.06. The molecule has 38 heavy (non-hydrogen) atoms. The minimum Gasteiger partial charge on any atom is -0.296 e. The van der Waals surface area contributed by atoms with Gasteiger partial charge in [-0.1, -0.05) is 50.2 Å². The molecular formula is C31H28N4O3. The summed E-state index contributed by atoms with van der Waals surface area (Å²) in [6, 6.07) is 20.5. The highest BCUT2D eigenvalue weighted by Gasteiger charge is 2.70. The first kappa shape index (κ1) is 23.0. The zero-order valence-electron chi connectivity index (χ0n) is 21.7. The Morgan fingerprint density at radius 2 is 1.58 bits per heavy atom. The van der Waals surface area contributed by atoms with Gasteiger partial charge >= 0.3 is 0 Å². The van der Waals surface area contributed by atoms with Crippen molar-refractivity contribution in [1.82, 2.24) is 14.9 Å². The summed E-state index contributed by atoms with van der Waals surface area (Å²) in [5.41, 5.74) is 3.37. The number of benzene rings is 3. The second-order valence-electron chi connectivity index (χ2n) is 11.2. The molecule has 2 fully saturated rings. The quantitative estimate of drug-likeness (QED) is 0.418. The molecule has 0 bridgehead atoms. The lowest BCUT2D eigenvalue weighted by molar-refractivity contribution is -0.123. The normalized spacial score (nSPS) is 25.5. The zero-order valence-corrected chi connectivity index (χ0v) is 21.7. The average molecular weight is 505 g/mol. The lowest BCUT2D eigenvalue weighted by Gasteiger charge is -2.32. The number of para-hydroxylation sites is 2. The topological polar surface area (TPSA) is 84.3 Å². The highest BCUT2D eigenvalue weighted by Crippen LogP contribution is 2.56. The smallest absolute Gasteiger partial charge is 0.266 e. The molecule has 7 nitrogen and oxygen atoms in total. The number of imide groups is 1. The molecule has 1 aromatic heterocycles. The van der Waals surface area contributed by atoms with Gasteiger partial charge in [0.2, 0.25) is 11.8 Å². The van der Waals surface area contributed by atoms with Crippen molar-refractivity contribution < 1.29 is 9.59 Å². The van der Waals surface area contributed by atoms with Gasteiger partial charge in [0.05, 0.1) is 34.1 Å². The van der Waals surface area contributed by atoms with E-state index in [1.807, 2.05) is 74.5 Å². The zero-order chi connectivity index (χ0) is 26.5. The summed E-state index contributed by atoms with van der Waals surface area (Å²) < 4.78 is 1.64. The Kier molecular flexibility index (Phi) is 4.68. The van der Waals surface area contributed by atoms with Gasteiger partial charge in [0, 0.05) is 11.6 Å². The molecule has 4 aromatic rings. The van der Waals surface area contributed by atoms with Crippen molar-refractivity contribution in [3.05, 3.63) is 99.6 Å². The van der Waals surface area contributed by atoms with Gasteiger partial charge in [0.1, 0.15) is 11.4 Å². The van der Waals surface area contributed by atoms with Crippen molar-refractivity contribution in [1.29, 1.82) is 0 Å². The van der Waals surface area contributed by atoms with Gasteiger partial charge in [-0.3, -0.25) is 24.3 Å². The molecule has 190 valence electrons. The van der Waals surface area contributed by atoms with Crippen LogP contribution in [-0.4, -0.2) is 27.4 Å². The van der Waals surface area contributed by atoms with Gasteiger partial charge in [-0.25, -0.2) is 9.88 Å². The minimum atomic E-state index is -1.11. The van der Waals surface area contributed by atoms with Crippen molar-refractivity contribution in [3.63, 3.8) is 0 Å². The summed E-state index contributed by atoms with van der Waals surface area (Å²) in [5.74, 6) is -1.26. The van der Waals surface area contributed by atoms with Crippen LogP contribution in [0, 0.1) is 31.6 Å². The Balaban J connectivity index is 1.53. The molecule has 1 spiro atoms. The molecule has 4 atom stereocenters. The number of aryl methyl sites for hydroxylation is 2. The maximum atomic E-state index is 14.5. The molecule has 7 heteroatoms. The van der Waals surface area contributed by atoms with Crippen LogP contribution in [0.4, 0.5) is 5.69 Å². The SMILES string of the molecule is Cc1cc(C)cc(N2C(=O)[C@H]3[C@H](C(C)C)N[C@]4(c5ccccc5-n5c4nc4ccccc4c5=O)[C@H]3C2=O)c1. The van der Waals surface area contributed by atoms with E-state index in [4.69, 9.17) is 4.98 Å². The van der Waals surface area contributed by atoms with Gasteiger partial charge in [-0.15, -0.1) is 0 Å². The van der Waals surface area contributed by atoms with E-state index < -0.39 is 17.4 Å². The number of fused-ring (bicyclic) bond motifs is 8. The number of anilines is 1. The fourth-order valence-electron chi connectivity index (χ4n) is 7.06. The van der Waals surface area contributed by atoms with E-state index in [-0.39, 0.29) is 29.3 Å². The number of rotatable bonds is 2. The number of carbonyl (C=O) groups excluding carboxylic acids is 2. The summed E-state index contributed by atoms with van der Waals surface area (Å²) >= 11 is 0. The number of hydrogen-bond acceptors (Lipinski definition) is 5. The molecule has 2 saturated heterocycles. The van der Waals surface area contributed by atoms with E-state index in [2.05, 4.69) is 19.2 Å². The Labute approximate surface area is 220 Å². The first-order valence-electron chi connectivity index (χ1n) is 13.1. The average Bonchev–Trinajstić information content (AvgIpc) is 3.47. The van der Waals surface area contributed by atoms with E-state index in [0.717, 1.165) is 16.7 Å². The lowest BCUT2D eigenvalue weighted by atomic mass is 9.75. The third-order valence-electron chi connectivity index (χ3n) is 8.48. The van der Waals surface area contributed by atoms with E-state index >= 15 is 0 Å². The van der Waals surface area contributed by atoms with Crippen molar-refractivity contribution >= 4 is 28.4 Å². The molecule has 3 aliphatic heterocycles. The Morgan fingerprint density at radius 3 is 2.32 bits per heavy atom. The first-order chi connectivity index (χ1) is 18.2. The Bertz CT molecular complexity index is 1740. The van der Waals surface area contributed by atoms with Gasteiger partial charge in [-0.2, -0.15) is 0 Å². The minimum absolute atomic E-state index is 0.0613. The number of nitrogens with one attached hydrogen (secondary N) is 1. The van der Waals surface area contributed by atoms with Crippen LogP contribution >= 0.6 is 0 Å². The molecule has 0 saturated carbocycles. The van der Waals surface area contributed by atoms with Crippen LogP contribution in [0.1, 0.15) is 36.4 Å². The van der Waals surface area contributed by atoms with Gasteiger partial charge in [-0.05, 0) is 61.2 Å². The Hall–Kier alpha value is -4.10. The monoisotopic (exact) mass is 504 g/mol. The summed E-state index contributed by atoms with van der Waals surface area (Å²) in [4.78, 5) is 48.9. The summed E-state index contributed by atoms with van der Waals surface area (Å²) in [6.07, 6.45) is 0. The van der Waals surface area contributed by atoms with E-state index in [1.54, 1.807) is 10.6 Å². The third-order valence-corrected chi connectivity index (χ3v) is 8.48. The van der Waals surface area contributed by atoms with Crippen LogP contribution in [0.5, 0.6) is 0 Å². The molecule has 1 N–H and O–H groups in total. The molecule has 0 aliphatic carbocycles. The lowest BCUT2D eigenvalue weighted by Crippen LogP contribution is -2.51. The maximum Gasteiger partial charge on any atom is 0.266 e. The van der Waals surface area contributed by atoms with Crippen molar-refractivity contribution in [3.8, 4) is 5.69 Å². The van der Waals surface area contributed by atoms with E-state index in [1.165, 1.54) is 4.90 Å². The molecule has 3 aromatic carbocycles. The van der Waals surface area contributed by atoms with Crippen molar-refractivity contribution in [2.75, 3.05) is 4.90 Å². The van der Waals surface area contributed by atoms with E-state index in [0.29, 0.717) is 28.1 Å². The highest BCUT2D eigenvalue weighted by molar-refractivity contribution is 6.23. The summed E-state index contributed by atoms with van der Waals surface area (Å²) in [7, 11) is 0. The largest absolute Gasteiger partial charge is 0.296 e. The summed E-state index contributed by atoms with van der Waals surface area (Å²) in [6.45, 7) is 8.06. The number of hydrogen-bond donors (Lipinski definition) is 1. The summed E-state index contributed by atoms with van der Waals surface area (Å²) in [5, 5.41) is 4.25.